The van der Waals surface area contributed by atoms with Crippen LogP contribution >= 0.6 is 0 Å². The molecule has 0 radical (unpaired) electrons. The molecule has 288 valence electrons. The number of rotatable bonds is 10. The number of aromatic nitrogens is 5. The van der Waals surface area contributed by atoms with Gasteiger partial charge in [0.05, 0.1) is 52.1 Å². The number of hydrogen-bond acceptors (Lipinski definition) is 12. The van der Waals surface area contributed by atoms with Crippen LogP contribution in [0.5, 0.6) is 0 Å². The van der Waals surface area contributed by atoms with Crippen molar-refractivity contribution in [2.45, 2.75) is 101 Å². The van der Waals surface area contributed by atoms with E-state index >= 15 is 0 Å². The SMILES string of the molecule is C[C@H](C#N)Nc1cc(-n2ncc3cc(C#N)cnc32)ncc1C(=O)NC1CCC(CCN2CC[C@H]3[C@@H]2CCN3c2ccc([C@@]3(C)CCC(=O)NC3=O)nc2)CC1. The Kier molecular flexibility index (Phi) is 10.1. The first-order valence-corrected chi connectivity index (χ1v) is 19.7. The van der Waals surface area contributed by atoms with Gasteiger partial charge in [0.15, 0.2) is 11.5 Å². The Balaban J connectivity index is 0.836. The number of amides is 3. The van der Waals surface area contributed by atoms with E-state index in [1.807, 2.05) is 19.2 Å². The fourth-order valence-electron chi connectivity index (χ4n) is 9.09. The maximum atomic E-state index is 13.6. The molecule has 4 aromatic rings. The second kappa shape index (κ2) is 15.3. The predicted molar refractivity (Wildman–Crippen MR) is 208 cm³/mol. The van der Waals surface area contributed by atoms with Crippen LogP contribution in [0.2, 0.25) is 0 Å². The van der Waals surface area contributed by atoms with Crippen molar-refractivity contribution in [3.8, 4) is 18.0 Å². The normalized spacial score (nSPS) is 25.6. The molecule has 0 unspecified atom stereocenters. The molecular weight excluding hydrogens is 709 g/mol. The molecule has 1 saturated carbocycles. The molecular formula is C41H46N12O3. The van der Waals surface area contributed by atoms with Crippen molar-refractivity contribution < 1.29 is 14.4 Å². The van der Waals surface area contributed by atoms with Crippen molar-refractivity contribution in [2.75, 3.05) is 29.9 Å². The topological polar surface area (TPSA) is 198 Å². The van der Waals surface area contributed by atoms with Gasteiger partial charge in [-0.05, 0) is 95.9 Å². The third-order valence-electron chi connectivity index (χ3n) is 12.4. The van der Waals surface area contributed by atoms with Crippen LogP contribution in [0.1, 0.15) is 93.3 Å². The zero-order valence-corrected chi connectivity index (χ0v) is 31.7. The molecule has 0 bridgehead atoms. The van der Waals surface area contributed by atoms with Crippen LogP contribution in [0.4, 0.5) is 11.4 Å². The van der Waals surface area contributed by atoms with Gasteiger partial charge in [-0.1, -0.05) is 0 Å². The first-order valence-electron chi connectivity index (χ1n) is 19.7. The van der Waals surface area contributed by atoms with Crippen molar-refractivity contribution in [1.82, 2.24) is 40.3 Å². The largest absolute Gasteiger partial charge is 0.369 e. The molecule has 15 nitrogen and oxygen atoms in total. The van der Waals surface area contributed by atoms with Gasteiger partial charge in [0.1, 0.15) is 12.1 Å². The molecule has 4 fully saturated rings. The van der Waals surface area contributed by atoms with Crippen molar-refractivity contribution in [3.63, 3.8) is 0 Å². The number of piperidine rings is 1. The van der Waals surface area contributed by atoms with E-state index in [-0.39, 0.29) is 23.8 Å². The zero-order valence-electron chi connectivity index (χ0n) is 31.7. The van der Waals surface area contributed by atoms with Crippen LogP contribution in [0.15, 0.2) is 49.1 Å². The predicted octanol–water partition coefficient (Wildman–Crippen LogP) is 4.13. The molecule has 3 aliphatic heterocycles. The third-order valence-corrected chi connectivity index (χ3v) is 12.4. The van der Waals surface area contributed by atoms with Gasteiger partial charge in [0.2, 0.25) is 11.8 Å². The van der Waals surface area contributed by atoms with Crippen LogP contribution in [-0.2, 0) is 15.0 Å². The van der Waals surface area contributed by atoms with Gasteiger partial charge in [-0.3, -0.25) is 29.6 Å². The fourth-order valence-corrected chi connectivity index (χ4v) is 9.09. The lowest BCUT2D eigenvalue weighted by Crippen LogP contribution is -2.50. The molecule has 0 spiro atoms. The summed E-state index contributed by atoms with van der Waals surface area (Å²) in [4.78, 5) is 56.8. The van der Waals surface area contributed by atoms with E-state index in [1.54, 1.807) is 29.9 Å². The number of pyridine rings is 3. The Bertz CT molecular complexity index is 2230. The van der Waals surface area contributed by atoms with Gasteiger partial charge in [-0.2, -0.15) is 20.3 Å². The maximum absolute atomic E-state index is 13.6. The van der Waals surface area contributed by atoms with Gasteiger partial charge < -0.3 is 15.5 Å². The summed E-state index contributed by atoms with van der Waals surface area (Å²) < 4.78 is 1.55. The van der Waals surface area contributed by atoms with Crippen LogP contribution in [0.25, 0.3) is 16.9 Å². The van der Waals surface area contributed by atoms with Gasteiger partial charge in [-0.15, -0.1) is 0 Å². The highest BCUT2D eigenvalue weighted by Gasteiger charge is 2.44. The summed E-state index contributed by atoms with van der Waals surface area (Å²) in [5, 5.41) is 32.7. The Hall–Kier alpha value is -5.93. The van der Waals surface area contributed by atoms with E-state index in [1.165, 1.54) is 12.4 Å². The molecule has 15 heteroatoms. The highest BCUT2D eigenvalue weighted by molar-refractivity contribution is 6.03. The third kappa shape index (κ3) is 7.15. The smallest absolute Gasteiger partial charge is 0.255 e. The summed E-state index contributed by atoms with van der Waals surface area (Å²) in [6.45, 7) is 6.73. The number of nitrogens with one attached hydrogen (secondary N) is 3. The quantitative estimate of drug-likeness (QED) is 0.196. The maximum Gasteiger partial charge on any atom is 0.255 e. The number of nitriles is 2. The second-order valence-electron chi connectivity index (χ2n) is 15.9. The number of carbonyl (C=O) groups is 3. The molecule has 56 heavy (non-hydrogen) atoms. The number of carbonyl (C=O) groups excluding carboxylic acids is 3. The number of hydrogen-bond donors (Lipinski definition) is 3. The molecule has 8 rings (SSSR count). The highest BCUT2D eigenvalue weighted by Crippen LogP contribution is 2.38. The highest BCUT2D eigenvalue weighted by atomic mass is 16.2. The summed E-state index contributed by atoms with van der Waals surface area (Å²) in [7, 11) is 0. The molecule has 4 atom stereocenters. The molecule has 1 aliphatic carbocycles. The summed E-state index contributed by atoms with van der Waals surface area (Å²) in [6.07, 6.45) is 14.6. The van der Waals surface area contributed by atoms with Gasteiger partial charge >= 0.3 is 0 Å². The van der Waals surface area contributed by atoms with E-state index in [4.69, 9.17) is 4.98 Å². The standard InChI is InChI=1S/C41H46N12O3/c1-25(19-42)48-32-18-36(53-38-28(22-47-53)17-27(20-43)21-46-38)45-24-31(32)39(55)49-29-5-3-26(4-6-29)10-14-51-15-11-34-33(51)12-16-52(34)30-7-8-35(44-23-30)41(2)13-9-37(54)50-40(41)56/h7-8,17-18,21-26,29,33-34H,3-6,9-16H2,1-2H3,(H,45,48)(H,49,55)(H,50,54,56)/t25-,26?,29?,33+,34+,41-/m1/s1. The number of fused-ring (bicyclic) bond motifs is 2. The number of nitrogens with zero attached hydrogens (tertiary/aromatic N) is 9. The lowest BCUT2D eigenvalue weighted by Gasteiger charge is -2.32. The fraction of sp³-hybridized carbons (Fsp3) is 0.488. The Morgan fingerprint density at radius 2 is 1.82 bits per heavy atom. The van der Waals surface area contributed by atoms with E-state index in [9.17, 15) is 24.9 Å². The number of anilines is 2. The summed E-state index contributed by atoms with van der Waals surface area (Å²) in [5.74, 6) is 0.322. The minimum absolute atomic E-state index is 0.0605. The lowest BCUT2D eigenvalue weighted by atomic mass is 9.78. The van der Waals surface area contributed by atoms with Crippen LogP contribution in [0.3, 0.4) is 0 Å². The monoisotopic (exact) mass is 754 g/mol. The molecule has 3 N–H and O–H groups in total. The van der Waals surface area contributed by atoms with Crippen LogP contribution in [0, 0.1) is 28.6 Å². The van der Waals surface area contributed by atoms with Crippen molar-refractivity contribution in [2.24, 2.45) is 5.92 Å². The Morgan fingerprint density at radius 1 is 1.00 bits per heavy atom. The number of imide groups is 1. The van der Waals surface area contributed by atoms with Crippen molar-refractivity contribution in [3.05, 3.63) is 65.9 Å². The first-order chi connectivity index (χ1) is 27.1. The molecule has 3 saturated heterocycles. The molecule has 4 aliphatic rings. The van der Waals surface area contributed by atoms with Gasteiger partial charge in [0.25, 0.3) is 5.91 Å². The molecule has 4 aromatic heterocycles. The van der Waals surface area contributed by atoms with Gasteiger partial charge in [-0.25, -0.2) is 9.97 Å². The number of likely N-dealkylation sites (tertiary alicyclic amines) is 1. The van der Waals surface area contributed by atoms with Crippen molar-refractivity contribution >= 4 is 40.1 Å². The minimum atomic E-state index is -0.792. The second-order valence-corrected chi connectivity index (χ2v) is 15.9. The summed E-state index contributed by atoms with van der Waals surface area (Å²) in [5.41, 5.74) is 2.81. The average molecular weight is 755 g/mol. The minimum Gasteiger partial charge on any atom is -0.369 e. The molecule has 0 aromatic carbocycles. The lowest BCUT2D eigenvalue weighted by molar-refractivity contribution is -0.137. The zero-order chi connectivity index (χ0) is 39.0. The van der Waals surface area contributed by atoms with E-state index in [0.717, 1.165) is 70.3 Å². The van der Waals surface area contributed by atoms with Crippen molar-refractivity contribution in [1.29, 1.82) is 10.5 Å². The summed E-state index contributed by atoms with van der Waals surface area (Å²) >= 11 is 0. The molecule has 3 amide bonds. The first kappa shape index (κ1) is 37.0. The van der Waals surface area contributed by atoms with Gasteiger partial charge in [0, 0.05) is 61.5 Å². The van der Waals surface area contributed by atoms with Crippen LogP contribution in [-0.4, -0.2) is 91.2 Å². The molecule has 7 heterocycles. The van der Waals surface area contributed by atoms with E-state index < -0.39 is 11.5 Å². The Morgan fingerprint density at radius 3 is 2.57 bits per heavy atom. The Labute approximate surface area is 325 Å². The van der Waals surface area contributed by atoms with E-state index in [0.29, 0.717) is 70.2 Å². The summed E-state index contributed by atoms with van der Waals surface area (Å²) in [6, 6.07) is 12.2. The average Bonchev–Trinajstić information content (AvgIpc) is 3.95. The van der Waals surface area contributed by atoms with Crippen LogP contribution < -0.4 is 20.9 Å². The van der Waals surface area contributed by atoms with E-state index in [2.05, 4.69) is 59.0 Å².